The molecule has 1 unspecified atom stereocenters. The highest BCUT2D eigenvalue weighted by Gasteiger charge is 2.16. The topological polar surface area (TPSA) is 93.5 Å². The highest BCUT2D eigenvalue weighted by atomic mass is 32.2. The Morgan fingerprint density at radius 3 is 2.71 bits per heavy atom. The summed E-state index contributed by atoms with van der Waals surface area (Å²) in [5.74, 6) is -0.584. The van der Waals surface area contributed by atoms with Crippen molar-refractivity contribution in [2.75, 3.05) is 36.3 Å². The summed E-state index contributed by atoms with van der Waals surface area (Å²) in [6.07, 6.45) is 0.240. The molecule has 0 saturated carbocycles. The van der Waals surface area contributed by atoms with E-state index in [1.54, 1.807) is 6.07 Å². The van der Waals surface area contributed by atoms with Crippen LogP contribution in [0.25, 0.3) is 0 Å². The van der Waals surface area contributed by atoms with E-state index >= 15 is 0 Å². The van der Waals surface area contributed by atoms with Gasteiger partial charge < -0.3 is 20.3 Å². The summed E-state index contributed by atoms with van der Waals surface area (Å²) in [5, 5.41) is 21.8. The van der Waals surface area contributed by atoms with E-state index in [0.29, 0.717) is 16.8 Å². The lowest BCUT2D eigenvalue weighted by molar-refractivity contribution is 0.105. The van der Waals surface area contributed by atoms with E-state index < -0.39 is 17.7 Å². The predicted molar refractivity (Wildman–Crippen MR) is 107 cm³/mol. The van der Waals surface area contributed by atoms with Gasteiger partial charge in [0.15, 0.2) is 16.8 Å². The maximum absolute atomic E-state index is 13.9. The van der Waals surface area contributed by atoms with Crippen LogP contribution in [-0.2, 0) is 5.75 Å². The van der Waals surface area contributed by atoms with Gasteiger partial charge in [0.1, 0.15) is 11.6 Å². The normalized spacial score (nSPS) is 15.1. The van der Waals surface area contributed by atoms with Crippen LogP contribution in [0.3, 0.4) is 0 Å². The number of hydrogen-bond donors (Lipinski definition) is 4. The third-order valence-electron chi connectivity index (χ3n) is 3.92. The summed E-state index contributed by atoms with van der Waals surface area (Å²) in [6, 6.07) is 5.74. The van der Waals surface area contributed by atoms with Crippen molar-refractivity contribution >= 4 is 35.5 Å². The molecule has 152 valence electrons. The van der Waals surface area contributed by atoms with Crippen molar-refractivity contribution < 1.29 is 19.0 Å². The quantitative estimate of drug-likeness (QED) is 0.258. The molecule has 0 spiro atoms. The lowest BCUT2D eigenvalue weighted by Crippen LogP contribution is -2.31. The molecule has 2 heterocycles. The molecule has 1 atom stereocenters. The van der Waals surface area contributed by atoms with E-state index in [4.69, 9.17) is 5.11 Å². The number of anilines is 2. The fraction of sp³-hybridized carbons (Fsp3) is 0.412. The summed E-state index contributed by atoms with van der Waals surface area (Å²) in [7, 11) is 0. The monoisotopic (exact) mass is 429 g/mol. The van der Waals surface area contributed by atoms with Gasteiger partial charge >= 0.3 is 0 Å². The van der Waals surface area contributed by atoms with Crippen LogP contribution < -0.4 is 10.0 Å². The molecule has 1 aliphatic rings. The van der Waals surface area contributed by atoms with E-state index in [1.165, 1.54) is 36.0 Å². The molecular formula is C17H21F2N5O2S2. The molecule has 4 N–H and O–H groups in total. The highest BCUT2D eigenvalue weighted by molar-refractivity contribution is 7.98. The fourth-order valence-corrected chi connectivity index (χ4v) is 3.81. The molecule has 2 aromatic rings. The predicted octanol–water partition coefficient (Wildman–Crippen LogP) is 2.49. The first-order valence-electron chi connectivity index (χ1n) is 8.70. The second kappa shape index (κ2) is 10.2. The van der Waals surface area contributed by atoms with Crippen LogP contribution in [0.15, 0.2) is 29.4 Å². The highest BCUT2D eigenvalue weighted by Crippen LogP contribution is 2.27. The SMILES string of the molecule is OCC(O)CNc1cc(NSN2CCC2)nc(SCc2cccc(F)c2F)n1. The molecule has 1 saturated heterocycles. The Balaban J connectivity index is 1.70. The molecule has 7 nitrogen and oxygen atoms in total. The number of thioether (sulfide) groups is 1. The second-order valence-corrected chi connectivity index (χ2v) is 7.96. The zero-order valence-corrected chi connectivity index (χ0v) is 16.6. The summed E-state index contributed by atoms with van der Waals surface area (Å²) >= 11 is 2.61. The lowest BCUT2D eigenvalue weighted by Gasteiger charge is -2.28. The third kappa shape index (κ3) is 5.92. The number of hydrogen-bond acceptors (Lipinski definition) is 9. The Morgan fingerprint density at radius 2 is 2.00 bits per heavy atom. The second-order valence-electron chi connectivity index (χ2n) is 6.12. The molecule has 0 radical (unpaired) electrons. The first-order chi connectivity index (χ1) is 13.5. The number of nitrogens with one attached hydrogen (secondary N) is 2. The van der Waals surface area contributed by atoms with Crippen LogP contribution in [0, 0.1) is 11.6 Å². The number of benzene rings is 1. The number of aliphatic hydroxyl groups excluding tert-OH is 2. The molecule has 0 aliphatic carbocycles. The van der Waals surface area contributed by atoms with Crippen molar-refractivity contribution in [1.29, 1.82) is 0 Å². The van der Waals surface area contributed by atoms with Gasteiger partial charge in [0.25, 0.3) is 0 Å². The van der Waals surface area contributed by atoms with Crippen LogP contribution in [0.1, 0.15) is 12.0 Å². The third-order valence-corrected chi connectivity index (χ3v) is 5.74. The maximum Gasteiger partial charge on any atom is 0.191 e. The van der Waals surface area contributed by atoms with E-state index in [-0.39, 0.29) is 24.5 Å². The molecule has 11 heteroatoms. The van der Waals surface area contributed by atoms with Crippen LogP contribution in [-0.4, -0.2) is 56.8 Å². The summed E-state index contributed by atoms with van der Waals surface area (Å²) < 4.78 is 32.5. The summed E-state index contributed by atoms with van der Waals surface area (Å²) in [6.45, 7) is 1.75. The molecule has 3 rings (SSSR count). The van der Waals surface area contributed by atoms with Gasteiger partial charge in [-0.1, -0.05) is 23.9 Å². The maximum atomic E-state index is 13.9. The number of halogens is 2. The lowest BCUT2D eigenvalue weighted by atomic mass is 10.2. The Bertz CT molecular complexity index is 771. The van der Waals surface area contributed by atoms with Crippen molar-refractivity contribution in [3.05, 3.63) is 41.5 Å². The van der Waals surface area contributed by atoms with Gasteiger partial charge in [-0.15, -0.1) is 0 Å². The number of nitrogens with zero attached hydrogens (tertiary/aromatic N) is 3. The van der Waals surface area contributed by atoms with Gasteiger partial charge in [0.05, 0.1) is 12.7 Å². The molecule has 0 amide bonds. The van der Waals surface area contributed by atoms with Crippen molar-refractivity contribution in [3.63, 3.8) is 0 Å². The first kappa shape index (κ1) is 21.1. The molecule has 1 aromatic carbocycles. The van der Waals surface area contributed by atoms with Crippen LogP contribution in [0.2, 0.25) is 0 Å². The molecule has 1 fully saturated rings. The van der Waals surface area contributed by atoms with Crippen LogP contribution >= 0.6 is 23.9 Å². The van der Waals surface area contributed by atoms with Gasteiger partial charge in [-0.3, -0.25) is 0 Å². The van der Waals surface area contributed by atoms with E-state index in [2.05, 4.69) is 24.3 Å². The minimum Gasteiger partial charge on any atom is -0.394 e. The van der Waals surface area contributed by atoms with E-state index in [1.807, 2.05) is 0 Å². The molecule has 28 heavy (non-hydrogen) atoms. The van der Waals surface area contributed by atoms with E-state index in [0.717, 1.165) is 25.6 Å². The standard InChI is InChI=1S/C17H21F2N5O2S2/c18-13-4-1-3-11(16(13)19)10-27-17-21-14(20-8-12(26)9-25)7-15(22-17)23-28-24-5-2-6-24/h1,3-4,7,12,25-26H,2,5-6,8-10H2,(H2,20,21,22,23). The molecule has 0 bridgehead atoms. The van der Waals surface area contributed by atoms with Gasteiger partial charge in [0.2, 0.25) is 0 Å². The fourth-order valence-electron chi connectivity index (χ4n) is 2.21. The van der Waals surface area contributed by atoms with Crippen LogP contribution in [0.5, 0.6) is 0 Å². The Morgan fingerprint density at radius 1 is 1.21 bits per heavy atom. The zero-order chi connectivity index (χ0) is 19.9. The number of aliphatic hydroxyl groups is 2. The van der Waals surface area contributed by atoms with Gasteiger partial charge in [-0.2, -0.15) is 0 Å². The molecule has 1 aromatic heterocycles. The number of rotatable bonds is 10. The average molecular weight is 430 g/mol. The smallest absolute Gasteiger partial charge is 0.191 e. The Kier molecular flexibility index (Phi) is 7.68. The Labute approximate surface area is 170 Å². The average Bonchev–Trinajstić information content (AvgIpc) is 2.66. The minimum absolute atomic E-state index is 0.120. The molecular weight excluding hydrogens is 408 g/mol. The minimum atomic E-state index is -0.917. The van der Waals surface area contributed by atoms with Gasteiger partial charge in [-0.05, 0) is 12.5 Å². The van der Waals surface area contributed by atoms with Gasteiger partial charge in [0, 0.05) is 49.2 Å². The number of aromatic nitrogens is 2. The first-order valence-corrected chi connectivity index (χ1v) is 10.5. The van der Waals surface area contributed by atoms with Crippen molar-refractivity contribution in [3.8, 4) is 0 Å². The van der Waals surface area contributed by atoms with Crippen molar-refractivity contribution in [1.82, 2.24) is 14.3 Å². The largest absolute Gasteiger partial charge is 0.394 e. The van der Waals surface area contributed by atoms with Crippen molar-refractivity contribution in [2.24, 2.45) is 0 Å². The Hall–Kier alpha value is -1.66. The van der Waals surface area contributed by atoms with Crippen molar-refractivity contribution in [2.45, 2.75) is 23.4 Å². The van der Waals surface area contributed by atoms with Gasteiger partial charge in [-0.25, -0.2) is 23.1 Å². The van der Waals surface area contributed by atoms with E-state index in [9.17, 15) is 13.9 Å². The summed E-state index contributed by atoms with van der Waals surface area (Å²) in [4.78, 5) is 8.74. The van der Waals surface area contributed by atoms with Crippen LogP contribution in [0.4, 0.5) is 20.4 Å². The molecule has 1 aliphatic heterocycles. The summed E-state index contributed by atoms with van der Waals surface area (Å²) in [5.41, 5.74) is 0.229. The zero-order valence-electron chi connectivity index (χ0n) is 14.9.